The molecule has 0 atom stereocenters. The molecule has 0 aliphatic rings. The van der Waals surface area contributed by atoms with Gasteiger partial charge in [-0.25, -0.2) is 4.39 Å². The second kappa shape index (κ2) is 7.27. The number of amides is 1. The second-order valence-corrected chi connectivity index (χ2v) is 5.79. The number of nitrogens with one attached hydrogen (secondary N) is 1. The number of halogens is 2. The highest BCUT2D eigenvalue weighted by Gasteiger charge is 2.10. The van der Waals surface area contributed by atoms with E-state index in [4.69, 9.17) is 9.26 Å². The van der Waals surface area contributed by atoms with Gasteiger partial charge in [0.1, 0.15) is 17.3 Å². The van der Waals surface area contributed by atoms with Gasteiger partial charge in [-0.3, -0.25) is 10.1 Å². The van der Waals surface area contributed by atoms with Crippen LogP contribution in [0.15, 0.2) is 63.6 Å². The summed E-state index contributed by atoms with van der Waals surface area (Å²) in [5.41, 5.74) is 1.47. The zero-order valence-corrected chi connectivity index (χ0v) is 13.9. The van der Waals surface area contributed by atoms with Crippen molar-refractivity contribution in [3.8, 4) is 17.0 Å². The lowest BCUT2D eigenvalue weighted by atomic mass is 10.1. The van der Waals surface area contributed by atoms with E-state index in [2.05, 4.69) is 26.4 Å². The van der Waals surface area contributed by atoms with E-state index in [-0.39, 0.29) is 18.3 Å². The highest BCUT2D eigenvalue weighted by Crippen LogP contribution is 2.23. The van der Waals surface area contributed by atoms with E-state index in [0.29, 0.717) is 11.4 Å². The maximum absolute atomic E-state index is 12.8. The van der Waals surface area contributed by atoms with Gasteiger partial charge in [0.2, 0.25) is 5.88 Å². The molecule has 3 rings (SSSR count). The molecule has 0 saturated heterocycles. The van der Waals surface area contributed by atoms with E-state index in [1.807, 2.05) is 24.3 Å². The molecule has 1 heterocycles. The predicted octanol–water partition coefficient (Wildman–Crippen LogP) is 4.26. The number of hydrogen-bond acceptors (Lipinski definition) is 4. The Labute approximate surface area is 145 Å². The van der Waals surface area contributed by atoms with E-state index in [9.17, 15) is 9.18 Å². The van der Waals surface area contributed by atoms with Crippen LogP contribution >= 0.6 is 15.9 Å². The van der Waals surface area contributed by atoms with Crippen molar-refractivity contribution in [2.24, 2.45) is 0 Å². The molecule has 3 aromatic rings. The summed E-state index contributed by atoms with van der Waals surface area (Å²) in [6.07, 6.45) is 0. The average Bonchev–Trinajstić information content (AvgIpc) is 3.03. The van der Waals surface area contributed by atoms with Crippen LogP contribution in [0.4, 0.5) is 10.3 Å². The topological polar surface area (TPSA) is 64.4 Å². The van der Waals surface area contributed by atoms with E-state index in [0.717, 1.165) is 10.0 Å². The van der Waals surface area contributed by atoms with Crippen molar-refractivity contribution in [3.63, 3.8) is 0 Å². The zero-order chi connectivity index (χ0) is 16.9. The molecule has 5 nitrogen and oxygen atoms in total. The fourth-order valence-electron chi connectivity index (χ4n) is 1.94. The van der Waals surface area contributed by atoms with Gasteiger partial charge in [-0.15, -0.1) is 0 Å². The Morgan fingerprint density at radius 2 is 1.88 bits per heavy atom. The van der Waals surface area contributed by atoms with Crippen LogP contribution < -0.4 is 10.1 Å². The maximum atomic E-state index is 12.8. The quantitative estimate of drug-likeness (QED) is 0.706. The molecule has 0 saturated carbocycles. The number of carbonyl (C=O) groups is 1. The highest BCUT2D eigenvalue weighted by molar-refractivity contribution is 9.10. The van der Waals surface area contributed by atoms with Crippen LogP contribution in [-0.2, 0) is 4.79 Å². The van der Waals surface area contributed by atoms with Crippen LogP contribution in [0.25, 0.3) is 11.3 Å². The first-order chi connectivity index (χ1) is 11.6. The van der Waals surface area contributed by atoms with Gasteiger partial charge in [-0.05, 0) is 36.4 Å². The van der Waals surface area contributed by atoms with Crippen molar-refractivity contribution in [2.45, 2.75) is 0 Å². The average molecular weight is 391 g/mol. The minimum atomic E-state index is -0.405. The molecule has 2 aromatic carbocycles. The van der Waals surface area contributed by atoms with Crippen molar-refractivity contribution < 1.29 is 18.4 Å². The first-order valence-electron chi connectivity index (χ1n) is 7.01. The fourth-order valence-corrected chi connectivity index (χ4v) is 2.21. The molecule has 1 N–H and O–H groups in total. The van der Waals surface area contributed by atoms with Gasteiger partial charge >= 0.3 is 0 Å². The lowest BCUT2D eigenvalue weighted by Gasteiger charge is -2.05. The van der Waals surface area contributed by atoms with Crippen molar-refractivity contribution in [3.05, 3.63) is 64.9 Å². The summed E-state index contributed by atoms with van der Waals surface area (Å²) in [5.74, 6) is -0.146. The Hall–Kier alpha value is -2.67. The first-order valence-corrected chi connectivity index (χ1v) is 7.80. The van der Waals surface area contributed by atoms with E-state index < -0.39 is 5.91 Å². The highest BCUT2D eigenvalue weighted by atomic mass is 79.9. The summed E-state index contributed by atoms with van der Waals surface area (Å²) >= 11 is 3.36. The van der Waals surface area contributed by atoms with Gasteiger partial charge in [0.05, 0.1) is 0 Å². The summed E-state index contributed by atoms with van der Waals surface area (Å²) in [7, 11) is 0. The standard InChI is InChI=1S/C17H12BrFN2O3/c18-12-3-1-11(2-4-12)15-9-17(24-21-15)20-16(22)10-23-14-7-5-13(19)6-8-14/h1-9H,10H2,(H,20,22). The summed E-state index contributed by atoms with van der Waals surface area (Å²) < 4.78 is 24.1. The van der Waals surface area contributed by atoms with Gasteiger partial charge in [-0.1, -0.05) is 33.2 Å². The Balaban J connectivity index is 1.57. The molecule has 1 aromatic heterocycles. The van der Waals surface area contributed by atoms with Crippen LogP contribution in [0.2, 0.25) is 0 Å². The third-order valence-corrected chi connectivity index (χ3v) is 3.62. The number of hydrogen-bond donors (Lipinski definition) is 1. The summed E-state index contributed by atoms with van der Waals surface area (Å²) in [4.78, 5) is 11.8. The van der Waals surface area contributed by atoms with Crippen LogP contribution in [0.3, 0.4) is 0 Å². The molecule has 24 heavy (non-hydrogen) atoms. The van der Waals surface area contributed by atoms with Crippen molar-refractivity contribution in [1.82, 2.24) is 5.16 Å². The van der Waals surface area contributed by atoms with E-state index >= 15 is 0 Å². The van der Waals surface area contributed by atoms with Gasteiger partial charge < -0.3 is 9.26 Å². The number of ether oxygens (including phenoxy) is 1. The van der Waals surface area contributed by atoms with Gasteiger partial charge in [0, 0.05) is 16.1 Å². The second-order valence-electron chi connectivity index (χ2n) is 4.87. The van der Waals surface area contributed by atoms with E-state index in [1.54, 1.807) is 6.07 Å². The minimum Gasteiger partial charge on any atom is -0.484 e. The van der Waals surface area contributed by atoms with Crippen LogP contribution in [0, 0.1) is 5.82 Å². The Morgan fingerprint density at radius 3 is 2.58 bits per heavy atom. The molecular weight excluding hydrogens is 379 g/mol. The third kappa shape index (κ3) is 4.20. The molecular formula is C17H12BrFN2O3. The first kappa shape index (κ1) is 16.2. The Bertz CT molecular complexity index is 832. The number of carbonyl (C=O) groups excluding carboxylic acids is 1. The normalized spacial score (nSPS) is 10.4. The largest absolute Gasteiger partial charge is 0.484 e. The lowest BCUT2D eigenvalue weighted by Crippen LogP contribution is -2.19. The Kier molecular flexibility index (Phi) is 4.90. The molecule has 0 fully saturated rings. The molecule has 122 valence electrons. The molecule has 7 heteroatoms. The molecule has 1 amide bonds. The number of aromatic nitrogens is 1. The third-order valence-electron chi connectivity index (χ3n) is 3.10. The fraction of sp³-hybridized carbons (Fsp3) is 0.0588. The Morgan fingerprint density at radius 1 is 1.17 bits per heavy atom. The molecule has 0 spiro atoms. The molecule has 0 aliphatic carbocycles. The van der Waals surface area contributed by atoms with Crippen molar-refractivity contribution >= 4 is 27.7 Å². The van der Waals surface area contributed by atoms with Crippen molar-refractivity contribution in [2.75, 3.05) is 11.9 Å². The number of rotatable bonds is 5. The van der Waals surface area contributed by atoms with E-state index in [1.165, 1.54) is 24.3 Å². The summed E-state index contributed by atoms with van der Waals surface area (Å²) in [5, 5.41) is 6.46. The van der Waals surface area contributed by atoms with Gasteiger partial charge in [-0.2, -0.15) is 0 Å². The van der Waals surface area contributed by atoms with Crippen LogP contribution in [-0.4, -0.2) is 17.7 Å². The molecule has 0 bridgehead atoms. The molecule has 0 radical (unpaired) electrons. The van der Waals surface area contributed by atoms with Gasteiger partial charge in [0.25, 0.3) is 5.91 Å². The lowest BCUT2D eigenvalue weighted by molar-refractivity contribution is -0.118. The monoisotopic (exact) mass is 390 g/mol. The predicted molar refractivity (Wildman–Crippen MR) is 90.2 cm³/mol. The number of anilines is 1. The maximum Gasteiger partial charge on any atom is 0.264 e. The smallest absolute Gasteiger partial charge is 0.264 e. The molecule has 0 aliphatic heterocycles. The van der Waals surface area contributed by atoms with Crippen LogP contribution in [0.5, 0.6) is 5.75 Å². The minimum absolute atomic E-state index is 0.222. The number of benzene rings is 2. The SMILES string of the molecule is O=C(COc1ccc(F)cc1)Nc1cc(-c2ccc(Br)cc2)no1. The molecule has 0 unspecified atom stereocenters. The summed E-state index contributed by atoms with van der Waals surface area (Å²) in [6, 6.07) is 14.6. The zero-order valence-electron chi connectivity index (χ0n) is 12.3. The number of nitrogens with zero attached hydrogens (tertiary/aromatic N) is 1. The van der Waals surface area contributed by atoms with Crippen LogP contribution in [0.1, 0.15) is 0 Å². The summed E-state index contributed by atoms with van der Waals surface area (Å²) in [6.45, 7) is -0.222. The van der Waals surface area contributed by atoms with Gasteiger partial charge in [0.15, 0.2) is 6.61 Å². The van der Waals surface area contributed by atoms with Crippen molar-refractivity contribution in [1.29, 1.82) is 0 Å².